The number of anilines is 3. The van der Waals surface area contributed by atoms with E-state index in [4.69, 9.17) is 11.0 Å². The van der Waals surface area contributed by atoms with Crippen LogP contribution < -0.4 is 4.90 Å². The van der Waals surface area contributed by atoms with Crippen molar-refractivity contribution in [3.63, 3.8) is 0 Å². The molecule has 59 heavy (non-hydrogen) atoms. The number of nitrogens with zero attached hydrogens (tertiary/aromatic N) is 2. The van der Waals surface area contributed by atoms with E-state index in [-0.39, 0.29) is 0 Å². The molecule has 0 atom stereocenters. The fourth-order valence-corrected chi connectivity index (χ4v) is 9.26. The molecule has 3 nitrogen and oxygen atoms in total. The van der Waals surface area contributed by atoms with Gasteiger partial charge in [-0.3, -0.25) is 0 Å². The van der Waals surface area contributed by atoms with Crippen LogP contribution >= 0.6 is 0 Å². The standard InChI is InChI=1S/C56H36N2O/c1-57-44-27-31-46(32-28-44)58(45-29-24-39(25-30-45)38-20-22-40(23-21-38)41-26-35-55-51(36-41)50-17-9-11-19-54(50)59-55)47-33-34-49-48-16-8-10-18-52(48)56(53(49)37-47,42-12-4-2-5-13-42)43-14-6-3-7-15-43/h2-37H. The second-order valence-electron chi connectivity index (χ2n) is 15.2. The van der Waals surface area contributed by atoms with Crippen LogP contribution in [0.1, 0.15) is 22.3 Å². The van der Waals surface area contributed by atoms with Gasteiger partial charge in [0.2, 0.25) is 0 Å². The fourth-order valence-electron chi connectivity index (χ4n) is 9.26. The molecular formula is C56H36N2O. The van der Waals surface area contributed by atoms with E-state index in [1.807, 2.05) is 36.4 Å². The molecule has 1 aliphatic carbocycles. The zero-order valence-electron chi connectivity index (χ0n) is 32.1. The molecule has 3 heteroatoms. The molecule has 1 aromatic heterocycles. The van der Waals surface area contributed by atoms with E-state index >= 15 is 0 Å². The monoisotopic (exact) mass is 752 g/mol. The van der Waals surface area contributed by atoms with Gasteiger partial charge in [0.25, 0.3) is 0 Å². The van der Waals surface area contributed by atoms with Crippen molar-refractivity contribution < 1.29 is 4.42 Å². The lowest BCUT2D eigenvalue weighted by molar-refractivity contribution is 0.669. The summed E-state index contributed by atoms with van der Waals surface area (Å²) in [5, 5.41) is 2.26. The Labute approximate surface area is 343 Å². The van der Waals surface area contributed by atoms with Crippen molar-refractivity contribution in [1.29, 1.82) is 0 Å². The molecule has 0 saturated heterocycles. The van der Waals surface area contributed by atoms with Gasteiger partial charge < -0.3 is 9.32 Å². The third kappa shape index (κ3) is 5.57. The molecule has 0 fully saturated rings. The minimum absolute atomic E-state index is 0.516. The summed E-state index contributed by atoms with van der Waals surface area (Å²) in [5.41, 5.74) is 17.0. The molecule has 0 N–H and O–H groups in total. The van der Waals surface area contributed by atoms with Crippen molar-refractivity contribution in [2.24, 2.45) is 0 Å². The van der Waals surface area contributed by atoms with Crippen LogP contribution in [0.5, 0.6) is 0 Å². The third-order valence-electron chi connectivity index (χ3n) is 12.0. The van der Waals surface area contributed by atoms with Crippen LogP contribution in [0.2, 0.25) is 0 Å². The Kier molecular flexibility index (Phi) is 8.10. The van der Waals surface area contributed by atoms with Gasteiger partial charge in [-0.1, -0.05) is 164 Å². The molecule has 0 bridgehead atoms. The molecule has 1 aliphatic rings. The topological polar surface area (TPSA) is 20.7 Å². The Hall–Kier alpha value is -7.93. The lowest BCUT2D eigenvalue weighted by Gasteiger charge is -2.35. The van der Waals surface area contributed by atoms with Crippen molar-refractivity contribution >= 4 is 44.7 Å². The molecule has 0 spiro atoms. The Morgan fingerprint density at radius 3 is 1.58 bits per heavy atom. The Balaban J connectivity index is 1.00. The van der Waals surface area contributed by atoms with Crippen molar-refractivity contribution in [3.8, 4) is 33.4 Å². The zero-order chi connectivity index (χ0) is 39.3. The molecule has 276 valence electrons. The minimum atomic E-state index is -0.516. The van der Waals surface area contributed by atoms with Gasteiger partial charge in [0.05, 0.1) is 12.0 Å². The highest BCUT2D eigenvalue weighted by Gasteiger charge is 2.46. The first-order chi connectivity index (χ1) is 29.2. The summed E-state index contributed by atoms with van der Waals surface area (Å²) < 4.78 is 6.08. The van der Waals surface area contributed by atoms with Gasteiger partial charge in [-0.2, -0.15) is 0 Å². The maximum Gasteiger partial charge on any atom is 0.187 e. The SMILES string of the molecule is [C-]#[N+]c1ccc(N(c2ccc(-c3ccc(-c4ccc5oc6ccccc6c5c4)cc3)cc2)c2ccc3c(c2)C(c2ccccc2)(c2ccccc2)c2ccccc2-3)cc1. The number of hydrogen-bond donors (Lipinski definition) is 0. The van der Waals surface area contributed by atoms with E-state index in [1.165, 1.54) is 33.4 Å². The van der Waals surface area contributed by atoms with Crippen LogP contribution in [0.15, 0.2) is 223 Å². The van der Waals surface area contributed by atoms with Crippen LogP contribution in [0.3, 0.4) is 0 Å². The summed E-state index contributed by atoms with van der Waals surface area (Å²) >= 11 is 0. The molecular weight excluding hydrogens is 717 g/mol. The summed E-state index contributed by atoms with van der Waals surface area (Å²) in [4.78, 5) is 6.00. The first-order valence-electron chi connectivity index (χ1n) is 19.9. The quantitative estimate of drug-likeness (QED) is 0.151. The Bertz CT molecular complexity index is 3150. The molecule has 1 heterocycles. The number of para-hydroxylation sites is 1. The van der Waals surface area contributed by atoms with Crippen LogP contribution in [0.25, 0.3) is 60.2 Å². The van der Waals surface area contributed by atoms with Gasteiger partial charge in [0.1, 0.15) is 11.2 Å². The first kappa shape index (κ1) is 34.3. The van der Waals surface area contributed by atoms with E-state index in [0.717, 1.165) is 61.3 Å². The minimum Gasteiger partial charge on any atom is -0.456 e. The number of hydrogen-bond acceptors (Lipinski definition) is 2. The maximum atomic E-state index is 7.63. The second-order valence-corrected chi connectivity index (χ2v) is 15.2. The molecule has 0 unspecified atom stereocenters. The van der Waals surface area contributed by atoms with Gasteiger partial charge in [-0.05, 0) is 110 Å². The molecule has 0 saturated carbocycles. The van der Waals surface area contributed by atoms with Crippen molar-refractivity contribution in [1.82, 2.24) is 0 Å². The second kappa shape index (κ2) is 13.9. The fraction of sp³-hybridized carbons (Fsp3) is 0.0179. The molecule has 11 rings (SSSR count). The number of rotatable bonds is 7. The van der Waals surface area contributed by atoms with Gasteiger partial charge in [-0.25, -0.2) is 4.85 Å². The van der Waals surface area contributed by atoms with E-state index < -0.39 is 5.41 Å². The highest BCUT2D eigenvalue weighted by atomic mass is 16.3. The average molecular weight is 753 g/mol. The van der Waals surface area contributed by atoms with Crippen LogP contribution in [0.4, 0.5) is 22.7 Å². The number of fused-ring (bicyclic) bond motifs is 6. The average Bonchev–Trinajstić information content (AvgIpc) is 3.83. The van der Waals surface area contributed by atoms with Crippen LogP contribution in [-0.2, 0) is 5.41 Å². The maximum absolute atomic E-state index is 7.63. The smallest absolute Gasteiger partial charge is 0.187 e. The molecule has 0 radical (unpaired) electrons. The summed E-state index contributed by atoms with van der Waals surface area (Å²) in [7, 11) is 0. The summed E-state index contributed by atoms with van der Waals surface area (Å²) in [6, 6.07) is 77.7. The van der Waals surface area contributed by atoms with Gasteiger partial charge in [0, 0.05) is 27.8 Å². The van der Waals surface area contributed by atoms with Crippen molar-refractivity contribution in [2.45, 2.75) is 5.41 Å². The summed E-state index contributed by atoms with van der Waals surface area (Å²) in [6.07, 6.45) is 0. The predicted molar refractivity (Wildman–Crippen MR) is 243 cm³/mol. The summed E-state index contributed by atoms with van der Waals surface area (Å²) in [6.45, 7) is 7.63. The molecule has 10 aromatic rings. The third-order valence-corrected chi connectivity index (χ3v) is 12.0. The highest BCUT2D eigenvalue weighted by Crippen LogP contribution is 2.57. The lowest BCUT2D eigenvalue weighted by atomic mass is 9.67. The molecule has 0 aliphatic heterocycles. The number of furan rings is 1. The predicted octanol–water partition coefficient (Wildman–Crippen LogP) is 15.3. The van der Waals surface area contributed by atoms with Crippen molar-refractivity contribution in [2.75, 3.05) is 4.90 Å². The molecule has 9 aromatic carbocycles. The largest absolute Gasteiger partial charge is 0.456 e. The normalized spacial score (nSPS) is 12.5. The Morgan fingerprint density at radius 1 is 0.390 bits per heavy atom. The Morgan fingerprint density at radius 2 is 0.898 bits per heavy atom. The van der Waals surface area contributed by atoms with E-state index in [9.17, 15) is 0 Å². The van der Waals surface area contributed by atoms with Gasteiger partial charge in [0.15, 0.2) is 5.69 Å². The number of benzene rings is 9. The zero-order valence-corrected chi connectivity index (χ0v) is 32.1. The van der Waals surface area contributed by atoms with E-state index in [0.29, 0.717) is 5.69 Å². The lowest BCUT2D eigenvalue weighted by Crippen LogP contribution is -2.28. The van der Waals surface area contributed by atoms with E-state index in [2.05, 4.69) is 192 Å². The highest BCUT2D eigenvalue weighted by molar-refractivity contribution is 6.06. The van der Waals surface area contributed by atoms with Gasteiger partial charge >= 0.3 is 0 Å². The van der Waals surface area contributed by atoms with Crippen LogP contribution in [0, 0.1) is 6.57 Å². The van der Waals surface area contributed by atoms with Crippen LogP contribution in [-0.4, -0.2) is 0 Å². The van der Waals surface area contributed by atoms with E-state index in [1.54, 1.807) is 0 Å². The first-order valence-corrected chi connectivity index (χ1v) is 19.9. The molecule has 0 amide bonds. The van der Waals surface area contributed by atoms with Crippen molar-refractivity contribution in [3.05, 3.63) is 252 Å². The van der Waals surface area contributed by atoms with Gasteiger partial charge in [-0.15, -0.1) is 0 Å². The summed E-state index contributed by atoms with van der Waals surface area (Å²) in [5.74, 6) is 0.